The molecule has 5 heteroatoms. The van der Waals surface area contributed by atoms with Crippen LogP contribution >= 0.6 is 0 Å². The molecule has 4 nitrogen and oxygen atoms in total. The van der Waals surface area contributed by atoms with Crippen molar-refractivity contribution < 1.29 is 13.7 Å². The van der Waals surface area contributed by atoms with E-state index < -0.39 is 0 Å². The summed E-state index contributed by atoms with van der Waals surface area (Å²) in [7, 11) is 0. The smallest absolute Gasteiger partial charge is 0.276 e. The summed E-state index contributed by atoms with van der Waals surface area (Å²) in [5, 5.41) is 3.94. The van der Waals surface area contributed by atoms with Crippen LogP contribution in [-0.2, 0) is 0 Å². The van der Waals surface area contributed by atoms with Crippen LogP contribution < -0.4 is 0 Å². The standard InChI is InChI=1S/C17H17FN2O2/c18-13-7-5-11(6-8-13)15-2-1-9-20(15)17(21)14-10-16(22-19-14)12-3-4-12/h5-8,10,12,15H,1-4,9H2/t15-/m0/s1. The second-order valence-corrected chi connectivity index (χ2v) is 6.10. The fourth-order valence-electron chi connectivity index (χ4n) is 3.14. The highest BCUT2D eigenvalue weighted by molar-refractivity contribution is 5.92. The first-order chi connectivity index (χ1) is 10.7. The van der Waals surface area contributed by atoms with Gasteiger partial charge in [0.1, 0.15) is 11.6 Å². The number of hydrogen-bond donors (Lipinski definition) is 0. The molecule has 0 bridgehead atoms. The van der Waals surface area contributed by atoms with Gasteiger partial charge in [-0.25, -0.2) is 4.39 Å². The van der Waals surface area contributed by atoms with E-state index >= 15 is 0 Å². The van der Waals surface area contributed by atoms with Gasteiger partial charge in [-0.15, -0.1) is 0 Å². The number of amides is 1. The van der Waals surface area contributed by atoms with Crippen molar-refractivity contribution in [2.45, 2.75) is 37.6 Å². The van der Waals surface area contributed by atoms with Gasteiger partial charge in [0.05, 0.1) is 6.04 Å². The molecule has 2 heterocycles. The lowest BCUT2D eigenvalue weighted by Gasteiger charge is -2.24. The van der Waals surface area contributed by atoms with Crippen LogP contribution in [0.5, 0.6) is 0 Å². The molecule has 1 atom stereocenters. The Kier molecular flexibility index (Phi) is 3.21. The number of benzene rings is 1. The second kappa shape index (κ2) is 5.23. The van der Waals surface area contributed by atoms with Gasteiger partial charge in [-0.2, -0.15) is 0 Å². The summed E-state index contributed by atoms with van der Waals surface area (Å²) in [5.74, 6) is 0.911. The number of hydrogen-bond acceptors (Lipinski definition) is 3. The number of aromatic nitrogens is 1. The maximum absolute atomic E-state index is 13.1. The fraction of sp³-hybridized carbons (Fsp3) is 0.412. The Morgan fingerprint density at radius 3 is 2.73 bits per heavy atom. The molecule has 1 aromatic heterocycles. The van der Waals surface area contributed by atoms with Crippen LogP contribution in [0.3, 0.4) is 0 Å². The third kappa shape index (κ3) is 2.40. The molecule has 4 rings (SSSR count). The molecule has 1 saturated heterocycles. The van der Waals surface area contributed by atoms with E-state index in [-0.39, 0.29) is 17.8 Å². The molecule has 0 unspecified atom stereocenters. The van der Waals surface area contributed by atoms with Gasteiger partial charge in [-0.3, -0.25) is 4.79 Å². The predicted molar refractivity (Wildman–Crippen MR) is 77.9 cm³/mol. The monoisotopic (exact) mass is 300 g/mol. The fourth-order valence-corrected chi connectivity index (χ4v) is 3.14. The Bertz CT molecular complexity index is 691. The second-order valence-electron chi connectivity index (χ2n) is 6.10. The zero-order chi connectivity index (χ0) is 15.1. The molecule has 22 heavy (non-hydrogen) atoms. The molecule has 1 aliphatic carbocycles. The number of rotatable bonds is 3. The molecule has 0 N–H and O–H groups in total. The summed E-state index contributed by atoms with van der Waals surface area (Å²) >= 11 is 0. The van der Waals surface area contributed by atoms with Gasteiger partial charge in [0.2, 0.25) is 0 Å². The lowest BCUT2D eigenvalue weighted by molar-refractivity contribution is 0.0725. The number of halogens is 1. The summed E-state index contributed by atoms with van der Waals surface area (Å²) in [4.78, 5) is 14.5. The Balaban J connectivity index is 1.56. The minimum absolute atomic E-state index is 0.00539. The third-order valence-electron chi connectivity index (χ3n) is 4.50. The molecule has 0 spiro atoms. The molecular formula is C17H17FN2O2. The Hall–Kier alpha value is -2.17. The van der Waals surface area contributed by atoms with Crippen molar-refractivity contribution in [2.75, 3.05) is 6.54 Å². The van der Waals surface area contributed by atoms with E-state index in [2.05, 4.69) is 5.16 Å². The molecule has 1 amide bonds. The summed E-state index contributed by atoms with van der Waals surface area (Å²) in [6.45, 7) is 0.701. The topological polar surface area (TPSA) is 46.3 Å². The average Bonchev–Trinajstić information content (AvgIpc) is 3.08. The van der Waals surface area contributed by atoms with Gasteiger partial charge < -0.3 is 9.42 Å². The number of nitrogens with zero attached hydrogens (tertiary/aromatic N) is 2. The van der Waals surface area contributed by atoms with E-state index in [4.69, 9.17) is 4.52 Å². The largest absolute Gasteiger partial charge is 0.360 e. The van der Waals surface area contributed by atoms with Gasteiger partial charge in [0.25, 0.3) is 5.91 Å². The summed E-state index contributed by atoms with van der Waals surface area (Å²) in [6, 6.07) is 8.16. The van der Waals surface area contributed by atoms with Gasteiger partial charge in [-0.1, -0.05) is 17.3 Å². The minimum atomic E-state index is -0.259. The summed E-state index contributed by atoms with van der Waals surface area (Å²) in [6.07, 6.45) is 4.07. The van der Waals surface area contributed by atoms with Crippen molar-refractivity contribution in [3.05, 3.63) is 53.2 Å². The molecule has 2 aromatic rings. The molecule has 2 fully saturated rings. The molecule has 114 valence electrons. The van der Waals surface area contributed by atoms with E-state index in [9.17, 15) is 9.18 Å². The van der Waals surface area contributed by atoms with Gasteiger partial charge in [0.15, 0.2) is 5.69 Å². The van der Waals surface area contributed by atoms with Gasteiger partial charge in [0, 0.05) is 18.5 Å². The first-order valence-corrected chi connectivity index (χ1v) is 7.75. The lowest BCUT2D eigenvalue weighted by atomic mass is 10.0. The van der Waals surface area contributed by atoms with Crippen molar-refractivity contribution in [3.8, 4) is 0 Å². The molecule has 2 aliphatic rings. The first kappa shape index (κ1) is 13.5. The Labute approximate surface area is 127 Å². The van der Waals surface area contributed by atoms with Crippen LogP contribution in [0.15, 0.2) is 34.9 Å². The Morgan fingerprint density at radius 1 is 1.23 bits per heavy atom. The van der Waals surface area contributed by atoms with Crippen LogP contribution in [0.4, 0.5) is 4.39 Å². The van der Waals surface area contributed by atoms with Crippen molar-refractivity contribution >= 4 is 5.91 Å². The lowest BCUT2D eigenvalue weighted by Crippen LogP contribution is -2.30. The van der Waals surface area contributed by atoms with Crippen molar-refractivity contribution in [2.24, 2.45) is 0 Å². The van der Waals surface area contributed by atoms with E-state index in [1.807, 2.05) is 4.90 Å². The van der Waals surface area contributed by atoms with Crippen LogP contribution in [0, 0.1) is 5.82 Å². The minimum Gasteiger partial charge on any atom is -0.360 e. The summed E-state index contributed by atoms with van der Waals surface area (Å²) in [5.41, 5.74) is 1.36. The predicted octanol–water partition coefficient (Wildman–Crippen LogP) is 3.67. The van der Waals surface area contributed by atoms with Crippen LogP contribution in [0.2, 0.25) is 0 Å². The van der Waals surface area contributed by atoms with E-state index in [1.165, 1.54) is 12.1 Å². The molecular weight excluding hydrogens is 283 g/mol. The highest BCUT2D eigenvalue weighted by Gasteiger charge is 2.34. The normalized spacial score (nSPS) is 21.3. The van der Waals surface area contributed by atoms with E-state index in [1.54, 1.807) is 18.2 Å². The van der Waals surface area contributed by atoms with Crippen molar-refractivity contribution in [1.82, 2.24) is 10.1 Å². The SMILES string of the molecule is O=C(c1cc(C2CC2)on1)N1CCC[C@H]1c1ccc(F)cc1. The molecule has 1 saturated carbocycles. The third-order valence-corrected chi connectivity index (χ3v) is 4.50. The average molecular weight is 300 g/mol. The first-order valence-electron chi connectivity index (χ1n) is 7.75. The van der Waals surface area contributed by atoms with E-state index in [0.29, 0.717) is 18.2 Å². The van der Waals surface area contributed by atoms with Gasteiger partial charge in [-0.05, 0) is 43.4 Å². The summed E-state index contributed by atoms with van der Waals surface area (Å²) < 4.78 is 18.4. The quantitative estimate of drug-likeness (QED) is 0.869. The van der Waals surface area contributed by atoms with Crippen molar-refractivity contribution in [1.29, 1.82) is 0 Å². The zero-order valence-corrected chi connectivity index (χ0v) is 12.2. The van der Waals surface area contributed by atoms with Crippen LogP contribution in [-0.4, -0.2) is 22.5 Å². The molecule has 0 radical (unpaired) electrons. The maximum Gasteiger partial charge on any atom is 0.276 e. The van der Waals surface area contributed by atoms with Crippen LogP contribution in [0.1, 0.15) is 59.5 Å². The maximum atomic E-state index is 13.1. The van der Waals surface area contributed by atoms with Crippen LogP contribution in [0.25, 0.3) is 0 Å². The van der Waals surface area contributed by atoms with E-state index in [0.717, 1.165) is 37.0 Å². The highest BCUT2D eigenvalue weighted by atomic mass is 19.1. The molecule has 1 aromatic carbocycles. The zero-order valence-electron chi connectivity index (χ0n) is 12.2. The number of carbonyl (C=O) groups excluding carboxylic acids is 1. The van der Waals surface area contributed by atoms with Gasteiger partial charge >= 0.3 is 0 Å². The van der Waals surface area contributed by atoms with Crippen molar-refractivity contribution in [3.63, 3.8) is 0 Å². The number of carbonyl (C=O) groups is 1. The number of likely N-dealkylation sites (tertiary alicyclic amines) is 1. The molecule has 1 aliphatic heterocycles. The highest BCUT2D eigenvalue weighted by Crippen LogP contribution is 2.40. The Morgan fingerprint density at radius 2 is 2.00 bits per heavy atom.